The first-order valence-electron chi connectivity index (χ1n) is 4.11. The highest BCUT2D eigenvalue weighted by Crippen LogP contribution is 2.23. The van der Waals surface area contributed by atoms with Crippen molar-refractivity contribution < 1.29 is 0 Å². The molecule has 0 radical (unpaired) electrons. The second kappa shape index (κ2) is 3.10. The van der Waals surface area contributed by atoms with Crippen LogP contribution >= 0.6 is 0 Å². The minimum Gasteiger partial charge on any atom is -0.265 e. The molecule has 1 heteroatoms. The minimum atomic E-state index is 0.222. The third-order valence-electron chi connectivity index (χ3n) is 1.92. The first-order valence-corrected chi connectivity index (χ1v) is 4.11. The minimum absolute atomic E-state index is 0.222. The molecule has 0 bridgehead atoms. The van der Waals surface area contributed by atoms with Crippen molar-refractivity contribution in [2.75, 3.05) is 0 Å². The van der Waals surface area contributed by atoms with Crippen LogP contribution in [0.15, 0.2) is 29.3 Å². The topological polar surface area (TPSA) is 12.4 Å². The molecule has 64 valence electrons. The summed E-state index contributed by atoms with van der Waals surface area (Å²) in [5.41, 5.74) is 2.48. The molecule has 0 aromatic heterocycles. The zero-order valence-electron chi connectivity index (χ0n) is 7.96. The summed E-state index contributed by atoms with van der Waals surface area (Å²) in [5, 5.41) is 0. The van der Waals surface area contributed by atoms with Gasteiger partial charge in [-0.2, -0.15) is 0 Å². The molecule has 0 N–H and O–H groups in total. The fourth-order valence-corrected chi connectivity index (χ4v) is 1.07. The third-order valence-corrected chi connectivity index (χ3v) is 1.92. The van der Waals surface area contributed by atoms with Crippen molar-refractivity contribution in [3.8, 4) is 0 Å². The zero-order valence-corrected chi connectivity index (χ0v) is 7.96. The van der Waals surface area contributed by atoms with Crippen LogP contribution < -0.4 is 0 Å². The highest BCUT2D eigenvalue weighted by atomic mass is 14.7. The summed E-state index contributed by atoms with van der Waals surface area (Å²) in [5.74, 6) is 0. The Kier molecular flexibility index (Phi) is 2.32. The van der Waals surface area contributed by atoms with Crippen molar-refractivity contribution in [3.63, 3.8) is 0 Å². The molecule has 0 aliphatic rings. The van der Waals surface area contributed by atoms with Gasteiger partial charge in [-0.3, -0.25) is 4.99 Å². The van der Waals surface area contributed by atoms with Gasteiger partial charge in [0.1, 0.15) is 0 Å². The van der Waals surface area contributed by atoms with Crippen molar-refractivity contribution in [2.45, 2.75) is 26.2 Å². The molecule has 0 atom stereocenters. The average molecular weight is 161 g/mol. The summed E-state index contributed by atoms with van der Waals surface area (Å²) in [6, 6.07) is 8.19. The number of nitrogens with zero attached hydrogens (tertiary/aromatic N) is 1. The molecule has 1 aromatic carbocycles. The summed E-state index contributed by atoms with van der Waals surface area (Å²) >= 11 is 0. The normalized spacial score (nSPS) is 11.2. The predicted octanol–water partition coefficient (Wildman–Crippen LogP) is 3.32. The van der Waals surface area contributed by atoms with E-state index < -0.39 is 0 Å². The van der Waals surface area contributed by atoms with E-state index in [9.17, 15) is 0 Å². The lowest BCUT2D eigenvalue weighted by Crippen LogP contribution is -2.10. The Morgan fingerprint density at radius 2 is 1.58 bits per heavy atom. The monoisotopic (exact) mass is 161 g/mol. The smallest absolute Gasteiger partial charge is 0.0622 e. The van der Waals surface area contributed by atoms with Gasteiger partial charge in [-0.25, -0.2) is 0 Å². The van der Waals surface area contributed by atoms with Crippen LogP contribution in [-0.4, -0.2) is 6.72 Å². The van der Waals surface area contributed by atoms with Crippen molar-refractivity contribution in [1.29, 1.82) is 0 Å². The van der Waals surface area contributed by atoms with Crippen LogP contribution in [0.2, 0.25) is 0 Å². The molecule has 1 aromatic rings. The van der Waals surface area contributed by atoms with E-state index in [1.165, 1.54) is 5.56 Å². The van der Waals surface area contributed by atoms with Crippen molar-refractivity contribution >= 4 is 12.4 Å². The summed E-state index contributed by atoms with van der Waals surface area (Å²) < 4.78 is 0. The number of benzene rings is 1. The van der Waals surface area contributed by atoms with E-state index in [-0.39, 0.29) is 5.41 Å². The van der Waals surface area contributed by atoms with Crippen molar-refractivity contribution in [1.82, 2.24) is 0 Å². The van der Waals surface area contributed by atoms with E-state index in [0.29, 0.717) is 0 Å². The van der Waals surface area contributed by atoms with E-state index in [1.807, 2.05) is 12.1 Å². The van der Waals surface area contributed by atoms with Gasteiger partial charge >= 0.3 is 0 Å². The van der Waals surface area contributed by atoms with Gasteiger partial charge in [0.05, 0.1) is 5.69 Å². The summed E-state index contributed by atoms with van der Waals surface area (Å²) in [7, 11) is 0. The maximum absolute atomic E-state index is 3.84. The SMILES string of the molecule is C=Nc1ccc(C(C)(C)C)cc1. The molecule has 0 amide bonds. The Labute approximate surface area is 74.2 Å². The van der Waals surface area contributed by atoms with Gasteiger partial charge in [0.25, 0.3) is 0 Å². The highest BCUT2D eigenvalue weighted by molar-refractivity contribution is 5.46. The van der Waals surface area contributed by atoms with Gasteiger partial charge in [-0.1, -0.05) is 32.9 Å². The molecule has 0 saturated heterocycles. The summed E-state index contributed by atoms with van der Waals surface area (Å²) in [6.07, 6.45) is 0. The van der Waals surface area contributed by atoms with Gasteiger partial charge in [-0.15, -0.1) is 0 Å². The van der Waals surface area contributed by atoms with Crippen molar-refractivity contribution in [2.24, 2.45) is 4.99 Å². The average Bonchev–Trinajstić information content (AvgIpc) is 2.03. The van der Waals surface area contributed by atoms with Gasteiger partial charge in [0, 0.05) is 0 Å². The summed E-state index contributed by atoms with van der Waals surface area (Å²) in [4.78, 5) is 3.84. The number of hydrogen-bond donors (Lipinski definition) is 0. The molecule has 0 unspecified atom stereocenters. The largest absolute Gasteiger partial charge is 0.265 e. The fourth-order valence-electron chi connectivity index (χ4n) is 1.07. The number of aliphatic imine (C=N–C) groups is 1. The lowest BCUT2D eigenvalue weighted by Gasteiger charge is -2.18. The van der Waals surface area contributed by atoms with E-state index in [4.69, 9.17) is 0 Å². The maximum atomic E-state index is 3.84. The van der Waals surface area contributed by atoms with Gasteiger partial charge in [-0.05, 0) is 29.8 Å². The Hall–Kier alpha value is -1.11. The number of rotatable bonds is 1. The van der Waals surface area contributed by atoms with E-state index >= 15 is 0 Å². The molecule has 0 spiro atoms. The molecular weight excluding hydrogens is 146 g/mol. The van der Waals surface area contributed by atoms with Crippen LogP contribution in [0.1, 0.15) is 26.3 Å². The van der Waals surface area contributed by atoms with Gasteiger partial charge < -0.3 is 0 Å². The molecule has 0 heterocycles. The van der Waals surface area contributed by atoms with E-state index in [1.54, 1.807) is 0 Å². The lowest BCUT2D eigenvalue weighted by molar-refractivity contribution is 0.590. The molecule has 12 heavy (non-hydrogen) atoms. The highest BCUT2D eigenvalue weighted by Gasteiger charge is 2.12. The number of hydrogen-bond acceptors (Lipinski definition) is 1. The molecule has 0 saturated carbocycles. The Morgan fingerprint density at radius 1 is 1.08 bits per heavy atom. The van der Waals surface area contributed by atoms with E-state index in [0.717, 1.165) is 5.69 Å². The van der Waals surface area contributed by atoms with Crippen LogP contribution in [0.25, 0.3) is 0 Å². The fraction of sp³-hybridized carbons (Fsp3) is 0.364. The quantitative estimate of drug-likeness (QED) is 0.560. The first kappa shape index (κ1) is 8.98. The molecule has 1 rings (SSSR count). The Bertz CT molecular complexity index is 264. The molecule has 0 aliphatic heterocycles. The molecule has 1 nitrogen and oxygen atoms in total. The van der Waals surface area contributed by atoms with Crippen LogP contribution in [0.4, 0.5) is 5.69 Å². The molecule has 0 aliphatic carbocycles. The second-order valence-corrected chi connectivity index (χ2v) is 3.95. The van der Waals surface area contributed by atoms with Crippen LogP contribution in [0.5, 0.6) is 0 Å². The Morgan fingerprint density at radius 3 is 1.92 bits per heavy atom. The standard InChI is InChI=1S/C11H15N/c1-11(2,3)9-5-7-10(12-4)8-6-9/h5-8H,4H2,1-3H3. The predicted molar refractivity (Wildman–Crippen MR) is 54.4 cm³/mol. The van der Waals surface area contributed by atoms with Gasteiger partial charge in [0.2, 0.25) is 0 Å². The zero-order chi connectivity index (χ0) is 9.19. The van der Waals surface area contributed by atoms with Crippen LogP contribution in [0, 0.1) is 0 Å². The molecule has 0 fully saturated rings. The lowest BCUT2D eigenvalue weighted by atomic mass is 9.87. The Balaban J connectivity index is 3.00. The van der Waals surface area contributed by atoms with Crippen molar-refractivity contribution in [3.05, 3.63) is 29.8 Å². The maximum Gasteiger partial charge on any atom is 0.0622 e. The first-order chi connectivity index (χ1) is 5.54. The van der Waals surface area contributed by atoms with Crippen LogP contribution in [0.3, 0.4) is 0 Å². The third kappa shape index (κ3) is 1.94. The van der Waals surface area contributed by atoms with Gasteiger partial charge in [0.15, 0.2) is 0 Å². The summed E-state index contributed by atoms with van der Waals surface area (Å²) in [6.45, 7) is 10.1. The second-order valence-electron chi connectivity index (χ2n) is 3.95. The molecular formula is C11H15N. The van der Waals surface area contributed by atoms with Crippen LogP contribution in [-0.2, 0) is 5.41 Å². The van der Waals surface area contributed by atoms with E-state index in [2.05, 4.69) is 44.6 Å².